The summed E-state index contributed by atoms with van der Waals surface area (Å²) in [4.78, 5) is 0. The second-order valence-corrected chi connectivity index (χ2v) is 7.10. The van der Waals surface area contributed by atoms with Gasteiger partial charge < -0.3 is 0 Å². The van der Waals surface area contributed by atoms with Gasteiger partial charge in [0.25, 0.3) is 0 Å². The standard InChI is InChI=1S/C14H22ClP/c1-3-5-11-16(12-6-4-2)14-9-7-13(15)8-10-14/h7-10H,3-6,11-12H2,1-2H3. The molecule has 16 heavy (non-hydrogen) atoms. The molecule has 0 aliphatic heterocycles. The van der Waals surface area contributed by atoms with Crippen molar-refractivity contribution in [3.05, 3.63) is 29.3 Å². The molecule has 0 amide bonds. The highest BCUT2D eigenvalue weighted by atomic mass is 35.5. The first kappa shape index (κ1) is 14.0. The van der Waals surface area contributed by atoms with Gasteiger partial charge in [-0.05, 0) is 42.6 Å². The van der Waals surface area contributed by atoms with Crippen LogP contribution in [0.4, 0.5) is 0 Å². The molecule has 0 saturated carbocycles. The van der Waals surface area contributed by atoms with Gasteiger partial charge in [0.15, 0.2) is 0 Å². The van der Waals surface area contributed by atoms with Crippen LogP contribution in [0.2, 0.25) is 5.02 Å². The van der Waals surface area contributed by atoms with Crippen LogP contribution in [0.3, 0.4) is 0 Å². The third kappa shape index (κ3) is 4.85. The van der Waals surface area contributed by atoms with Crippen molar-refractivity contribution in [1.82, 2.24) is 0 Å². The van der Waals surface area contributed by atoms with Crippen LogP contribution in [-0.2, 0) is 0 Å². The molecule has 0 heterocycles. The van der Waals surface area contributed by atoms with Gasteiger partial charge in [-0.3, -0.25) is 0 Å². The van der Waals surface area contributed by atoms with Crippen molar-refractivity contribution >= 4 is 24.8 Å². The van der Waals surface area contributed by atoms with Gasteiger partial charge >= 0.3 is 0 Å². The highest BCUT2D eigenvalue weighted by Gasteiger charge is 2.09. The zero-order valence-corrected chi connectivity index (χ0v) is 12.0. The molecule has 0 saturated heterocycles. The molecule has 2 heteroatoms. The van der Waals surface area contributed by atoms with E-state index in [4.69, 9.17) is 11.6 Å². The lowest BCUT2D eigenvalue weighted by molar-refractivity contribution is 0.871. The van der Waals surface area contributed by atoms with Crippen molar-refractivity contribution in [2.45, 2.75) is 39.5 Å². The largest absolute Gasteiger partial charge is 0.0843 e. The molecule has 0 bridgehead atoms. The molecule has 0 unspecified atom stereocenters. The van der Waals surface area contributed by atoms with Crippen molar-refractivity contribution in [3.8, 4) is 0 Å². The Bertz CT molecular complexity index is 273. The number of hydrogen-bond acceptors (Lipinski definition) is 0. The number of halogens is 1. The van der Waals surface area contributed by atoms with Crippen LogP contribution in [-0.4, -0.2) is 12.3 Å². The van der Waals surface area contributed by atoms with Gasteiger partial charge in [-0.2, -0.15) is 0 Å². The smallest absolute Gasteiger partial charge is 0.0406 e. The van der Waals surface area contributed by atoms with Gasteiger partial charge in [0.1, 0.15) is 0 Å². The van der Waals surface area contributed by atoms with Crippen LogP contribution in [0, 0.1) is 0 Å². The molecule has 1 aromatic rings. The minimum atomic E-state index is 0.0614. The third-order valence-corrected chi connectivity index (χ3v) is 5.75. The van der Waals surface area contributed by atoms with E-state index in [1.807, 2.05) is 12.1 Å². The summed E-state index contributed by atoms with van der Waals surface area (Å²) in [5.74, 6) is 0. The predicted octanol–water partition coefficient (Wildman–Crippen LogP) is 5.05. The molecule has 0 N–H and O–H groups in total. The molecule has 0 nitrogen and oxygen atoms in total. The van der Waals surface area contributed by atoms with Crippen LogP contribution >= 0.6 is 19.5 Å². The van der Waals surface area contributed by atoms with Crippen molar-refractivity contribution in [3.63, 3.8) is 0 Å². The van der Waals surface area contributed by atoms with Crippen LogP contribution in [0.25, 0.3) is 0 Å². The fraction of sp³-hybridized carbons (Fsp3) is 0.571. The Labute approximate surface area is 106 Å². The molecule has 90 valence electrons. The topological polar surface area (TPSA) is 0 Å². The van der Waals surface area contributed by atoms with E-state index in [2.05, 4.69) is 26.0 Å². The fourth-order valence-corrected chi connectivity index (χ4v) is 4.55. The molecule has 0 aliphatic rings. The molecular weight excluding hydrogens is 235 g/mol. The number of benzene rings is 1. The first-order valence-electron chi connectivity index (χ1n) is 6.28. The van der Waals surface area contributed by atoms with E-state index in [1.165, 1.54) is 43.3 Å². The van der Waals surface area contributed by atoms with E-state index < -0.39 is 0 Å². The van der Waals surface area contributed by atoms with Gasteiger partial charge in [0.05, 0.1) is 0 Å². The fourth-order valence-electron chi connectivity index (χ4n) is 1.72. The Morgan fingerprint density at radius 1 is 0.938 bits per heavy atom. The van der Waals surface area contributed by atoms with Crippen LogP contribution < -0.4 is 5.30 Å². The SMILES string of the molecule is CCCCP(CCCC)c1ccc(Cl)cc1. The molecule has 0 aromatic heterocycles. The molecule has 1 aromatic carbocycles. The maximum Gasteiger partial charge on any atom is 0.0406 e. The highest BCUT2D eigenvalue weighted by molar-refractivity contribution is 7.65. The maximum absolute atomic E-state index is 5.93. The zero-order valence-electron chi connectivity index (χ0n) is 10.4. The van der Waals surface area contributed by atoms with Gasteiger partial charge in [-0.1, -0.05) is 58.3 Å². The monoisotopic (exact) mass is 256 g/mol. The highest BCUT2D eigenvalue weighted by Crippen LogP contribution is 2.36. The van der Waals surface area contributed by atoms with Crippen molar-refractivity contribution in [1.29, 1.82) is 0 Å². The summed E-state index contributed by atoms with van der Waals surface area (Å²) in [6.45, 7) is 4.55. The number of unbranched alkanes of at least 4 members (excludes halogenated alkanes) is 2. The first-order valence-corrected chi connectivity index (χ1v) is 8.37. The molecule has 0 atom stereocenters. The Balaban J connectivity index is 2.62. The second kappa shape index (κ2) is 8.09. The zero-order chi connectivity index (χ0) is 11.8. The lowest BCUT2D eigenvalue weighted by Crippen LogP contribution is -2.06. The maximum atomic E-state index is 5.93. The summed E-state index contributed by atoms with van der Waals surface area (Å²) in [5.41, 5.74) is 0. The average molecular weight is 257 g/mol. The summed E-state index contributed by atoms with van der Waals surface area (Å²) in [6, 6.07) is 8.51. The van der Waals surface area contributed by atoms with Crippen LogP contribution in [0.15, 0.2) is 24.3 Å². The van der Waals surface area contributed by atoms with E-state index in [9.17, 15) is 0 Å². The van der Waals surface area contributed by atoms with Gasteiger partial charge in [0.2, 0.25) is 0 Å². The summed E-state index contributed by atoms with van der Waals surface area (Å²) >= 11 is 5.93. The molecule has 0 fully saturated rings. The average Bonchev–Trinajstić information content (AvgIpc) is 2.31. The van der Waals surface area contributed by atoms with E-state index >= 15 is 0 Å². The Morgan fingerprint density at radius 2 is 1.44 bits per heavy atom. The van der Waals surface area contributed by atoms with Gasteiger partial charge in [-0.15, -0.1) is 0 Å². The van der Waals surface area contributed by atoms with Crippen molar-refractivity contribution < 1.29 is 0 Å². The van der Waals surface area contributed by atoms with Crippen LogP contribution in [0.1, 0.15) is 39.5 Å². The van der Waals surface area contributed by atoms with Gasteiger partial charge in [0, 0.05) is 5.02 Å². The Hall–Kier alpha value is -0.0600. The van der Waals surface area contributed by atoms with Crippen molar-refractivity contribution in [2.75, 3.05) is 12.3 Å². The number of hydrogen-bond donors (Lipinski definition) is 0. The molecule has 1 rings (SSSR count). The molecular formula is C14H22ClP. The Kier molecular flexibility index (Phi) is 7.08. The summed E-state index contributed by atoms with van der Waals surface area (Å²) in [7, 11) is 0.0614. The minimum Gasteiger partial charge on any atom is -0.0843 e. The normalized spacial score (nSPS) is 11.0. The van der Waals surface area contributed by atoms with E-state index in [0.29, 0.717) is 0 Å². The lowest BCUT2D eigenvalue weighted by Gasteiger charge is -2.17. The van der Waals surface area contributed by atoms with E-state index in [-0.39, 0.29) is 7.92 Å². The van der Waals surface area contributed by atoms with Crippen molar-refractivity contribution in [2.24, 2.45) is 0 Å². The summed E-state index contributed by atoms with van der Waals surface area (Å²) < 4.78 is 0. The number of rotatable bonds is 7. The molecule has 0 aliphatic carbocycles. The quantitative estimate of drug-likeness (QED) is 0.599. The molecule has 0 radical (unpaired) electrons. The minimum absolute atomic E-state index is 0.0614. The third-order valence-electron chi connectivity index (χ3n) is 2.75. The summed E-state index contributed by atoms with van der Waals surface area (Å²) in [5, 5.41) is 2.38. The van der Waals surface area contributed by atoms with Gasteiger partial charge in [-0.25, -0.2) is 0 Å². The molecule has 0 spiro atoms. The summed E-state index contributed by atoms with van der Waals surface area (Å²) in [6.07, 6.45) is 8.09. The van der Waals surface area contributed by atoms with Crippen LogP contribution in [0.5, 0.6) is 0 Å². The first-order chi connectivity index (χ1) is 7.77. The van der Waals surface area contributed by atoms with E-state index in [1.54, 1.807) is 0 Å². The predicted molar refractivity (Wildman–Crippen MR) is 77.6 cm³/mol. The lowest BCUT2D eigenvalue weighted by atomic mass is 10.4. The second-order valence-electron chi connectivity index (χ2n) is 4.17. The Morgan fingerprint density at radius 3 is 1.88 bits per heavy atom. The van der Waals surface area contributed by atoms with E-state index in [0.717, 1.165) is 5.02 Å².